The Bertz CT molecular complexity index is 594. The largest absolute Gasteiger partial charge is 0.496 e. The number of carbonyl (C=O) groups excluding carboxylic acids is 2. The van der Waals surface area contributed by atoms with Crippen LogP contribution in [0.4, 0.5) is 0 Å². The zero-order valence-corrected chi connectivity index (χ0v) is 14.1. The quantitative estimate of drug-likeness (QED) is 0.849. The van der Waals surface area contributed by atoms with E-state index in [-0.39, 0.29) is 17.9 Å². The predicted octanol–water partition coefficient (Wildman–Crippen LogP) is 1.42. The fourth-order valence-corrected chi connectivity index (χ4v) is 2.85. The van der Waals surface area contributed by atoms with Gasteiger partial charge in [0, 0.05) is 24.2 Å². The Morgan fingerprint density at radius 1 is 1.52 bits per heavy atom. The van der Waals surface area contributed by atoms with Crippen LogP contribution >= 0.6 is 11.6 Å². The number of likely N-dealkylation sites (tertiary alicyclic amines) is 1. The van der Waals surface area contributed by atoms with Crippen LogP contribution in [0.5, 0.6) is 5.75 Å². The number of rotatable bonds is 5. The van der Waals surface area contributed by atoms with E-state index in [2.05, 4.69) is 5.32 Å². The van der Waals surface area contributed by atoms with Gasteiger partial charge in [0.1, 0.15) is 11.8 Å². The lowest BCUT2D eigenvalue weighted by Gasteiger charge is -2.26. The summed E-state index contributed by atoms with van der Waals surface area (Å²) in [5.41, 5.74) is 5.90. The summed E-state index contributed by atoms with van der Waals surface area (Å²) in [6, 6.07) is 4.27. The molecule has 1 unspecified atom stereocenters. The third kappa shape index (κ3) is 3.95. The summed E-state index contributed by atoms with van der Waals surface area (Å²) in [5.74, 6) is 0.0259. The van der Waals surface area contributed by atoms with Crippen LogP contribution < -0.4 is 15.8 Å². The Morgan fingerprint density at radius 3 is 2.91 bits per heavy atom. The predicted molar refractivity (Wildman–Crippen MR) is 88.7 cm³/mol. The summed E-state index contributed by atoms with van der Waals surface area (Å²) in [4.78, 5) is 26.8. The molecule has 1 aliphatic heterocycles. The van der Waals surface area contributed by atoms with Crippen LogP contribution in [0.25, 0.3) is 0 Å². The summed E-state index contributed by atoms with van der Waals surface area (Å²) >= 11 is 5.99. The van der Waals surface area contributed by atoms with E-state index >= 15 is 0 Å². The van der Waals surface area contributed by atoms with Gasteiger partial charge in [0.2, 0.25) is 5.91 Å². The van der Waals surface area contributed by atoms with Gasteiger partial charge < -0.3 is 20.7 Å². The van der Waals surface area contributed by atoms with Crippen molar-refractivity contribution in [3.63, 3.8) is 0 Å². The normalized spacial score (nSPS) is 18.6. The summed E-state index contributed by atoms with van der Waals surface area (Å²) in [7, 11) is 1.50. The molecule has 2 rings (SSSR count). The number of nitrogens with one attached hydrogen (secondary N) is 1. The number of hydrogen-bond donors (Lipinski definition) is 2. The van der Waals surface area contributed by atoms with E-state index < -0.39 is 6.04 Å². The van der Waals surface area contributed by atoms with Gasteiger partial charge in [0.25, 0.3) is 5.91 Å². The second-order valence-corrected chi connectivity index (χ2v) is 6.08. The second kappa shape index (κ2) is 7.66. The van der Waals surface area contributed by atoms with Crippen LogP contribution in [-0.4, -0.2) is 49.0 Å². The van der Waals surface area contributed by atoms with E-state index in [0.717, 1.165) is 6.42 Å². The maximum Gasteiger partial charge on any atom is 0.258 e. The highest BCUT2D eigenvalue weighted by atomic mass is 35.5. The molecule has 0 bridgehead atoms. The first-order valence-corrected chi connectivity index (χ1v) is 8.00. The van der Waals surface area contributed by atoms with Crippen LogP contribution in [-0.2, 0) is 4.79 Å². The Kier molecular flexibility index (Phi) is 5.85. The highest BCUT2D eigenvalue weighted by molar-refractivity contribution is 6.31. The van der Waals surface area contributed by atoms with Crippen LogP contribution in [0.1, 0.15) is 30.1 Å². The highest BCUT2D eigenvalue weighted by Crippen LogP contribution is 2.27. The molecule has 1 fully saturated rings. The maximum absolute atomic E-state index is 12.8. The van der Waals surface area contributed by atoms with Crippen molar-refractivity contribution in [3.05, 3.63) is 28.8 Å². The molecule has 126 valence electrons. The van der Waals surface area contributed by atoms with E-state index in [4.69, 9.17) is 22.1 Å². The van der Waals surface area contributed by atoms with E-state index in [1.807, 2.05) is 6.92 Å². The molecule has 1 saturated heterocycles. The standard InChI is InChI=1S/C16H22ClN3O3/c1-10(9-18)19-15(21)13-4-3-7-20(13)16(22)12-8-11(17)5-6-14(12)23-2/h5-6,8,10,13H,3-4,7,9,18H2,1-2H3,(H,19,21)/t10-,13?/m0/s1. The molecule has 1 aromatic carbocycles. The molecule has 3 N–H and O–H groups in total. The van der Waals surface area contributed by atoms with Crippen LogP contribution in [0, 0.1) is 0 Å². The minimum atomic E-state index is -0.486. The molecule has 0 aliphatic carbocycles. The molecular weight excluding hydrogens is 318 g/mol. The molecule has 0 aromatic heterocycles. The molecule has 2 amide bonds. The van der Waals surface area contributed by atoms with Gasteiger partial charge in [-0.25, -0.2) is 0 Å². The Balaban J connectivity index is 2.21. The average Bonchev–Trinajstić information content (AvgIpc) is 3.03. The molecule has 7 heteroatoms. The average molecular weight is 340 g/mol. The molecule has 6 nitrogen and oxygen atoms in total. The fraction of sp³-hybridized carbons (Fsp3) is 0.500. The zero-order chi connectivity index (χ0) is 17.0. The highest BCUT2D eigenvalue weighted by Gasteiger charge is 2.35. The number of hydrogen-bond acceptors (Lipinski definition) is 4. The van der Waals surface area contributed by atoms with Crippen LogP contribution in [0.15, 0.2) is 18.2 Å². The number of carbonyl (C=O) groups is 2. The molecule has 0 saturated carbocycles. The van der Waals surface area contributed by atoms with E-state index in [1.54, 1.807) is 23.1 Å². The third-order valence-corrected chi connectivity index (χ3v) is 4.19. The molecule has 1 aromatic rings. The monoisotopic (exact) mass is 339 g/mol. The van der Waals surface area contributed by atoms with Crippen LogP contribution in [0.2, 0.25) is 5.02 Å². The van der Waals surface area contributed by atoms with Crippen molar-refractivity contribution in [1.29, 1.82) is 0 Å². The molecule has 1 heterocycles. The Labute approximate surface area is 140 Å². The van der Waals surface area contributed by atoms with Crippen molar-refractivity contribution in [3.8, 4) is 5.75 Å². The topological polar surface area (TPSA) is 84.7 Å². The van der Waals surface area contributed by atoms with Gasteiger partial charge in [-0.2, -0.15) is 0 Å². The van der Waals surface area contributed by atoms with Gasteiger partial charge >= 0.3 is 0 Å². The fourth-order valence-electron chi connectivity index (χ4n) is 2.68. The number of amides is 2. The minimum absolute atomic E-state index is 0.124. The van der Waals surface area contributed by atoms with Gasteiger partial charge in [-0.3, -0.25) is 9.59 Å². The SMILES string of the molecule is COc1ccc(Cl)cc1C(=O)N1CCCC1C(=O)N[C@@H](C)CN. The van der Waals surface area contributed by atoms with Gasteiger partial charge in [-0.1, -0.05) is 11.6 Å². The number of methoxy groups -OCH3 is 1. The van der Waals surface area contributed by atoms with Gasteiger partial charge in [0.15, 0.2) is 0 Å². The first kappa shape index (κ1) is 17.6. The van der Waals surface area contributed by atoms with Crippen molar-refractivity contribution in [2.24, 2.45) is 5.73 Å². The molecule has 0 radical (unpaired) electrons. The first-order chi connectivity index (χ1) is 11.0. The Morgan fingerprint density at radius 2 is 2.26 bits per heavy atom. The number of halogens is 1. The molecular formula is C16H22ClN3O3. The van der Waals surface area contributed by atoms with Gasteiger partial charge in [-0.15, -0.1) is 0 Å². The van der Waals surface area contributed by atoms with E-state index in [0.29, 0.717) is 35.8 Å². The van der Waals surface area contributed by atoms with Crippen LogP contribution in [0.3, 0.4) is 0 Å². The molecule has 2 atom stereocenters. The molecule has 0 spiro atoms. The number of nitrogens with zero attached hydrogens (tertiary/aromatic N) is 1. The molecule has 23 heavy (non-hydrogen) atoms. The minimum Gasteiger partial charge on any atom is -0.496 e. The summed E-state index contributed by atoms with van der Waals surface area (Å²) in [5, 5.41) is 3.28. The number of nitrogens with two attached hydrogens (primary N) is 1. The third-order valence-electron chi connectivity index (χ3n) is 3.95. The second-order valence-electron chi connectivity index (χ2n) is 5.65. The van der Waals surface area contributed by atoms with Crippen molar-refractivity contribution in [2.75, 3.05) is 20.2 Å². The summed E-state index contributed by atoms with van der Waals surface area (Å²) < 4.78 is 5.24. The van der Waals surface area contributed by atoms with Crippen molar-refractivity contribution in [1.82, 2.24) is 10.2 Å². The lowest BCUT2D eigenvalue weighted by atomic mass is 10.1. The van der Waals surface area contributed by atoms with Crippen molar-refractivity contribution >= 4 is 23.4 Å². The zero-order valence-electron chi connectivity index (χ0n) is 13.3. The number of ether oxygens (including phenoxy) is 1. The van der Waals surface area contributed by atoms with Crippen molar-refractivity contribution < 1.29 is 14.3 Å². The van der Waals surface area contributed by atoms with E-state index in [9.17, 15) is 9.59 Å². The first-order valence-electron chi connectivity index (χ1n) is 7.63. The smallest absolute Gasteiger partial charge is 0.258 e. The Hall–Kier alpha value is -1.79. The van der Waals surface area contributed by atoms with Crippen molar-refractivity contribution in [2.45, 2.75) is 31.8 Å². The summed E-state index contributed by atoms with van der Waals surface area (Å²) in [6.07, 6.45) is 1.42. The number of benzene rings is 1. The summed E-state index contributed by atoms with van der Waals surface area (Å²) in [6.45, 7) is 2.72. The lowest BCUT2D eigenvalue weighted by Crippen LogP contribution is -2.49. The van der Waals surface area contributed by atoms with Gasteiger partial charge in [-0.05, 0) is 38.0 Å². The van der Waals surface area contributed by atoms with E-state index in [1.165, 1.54) is 7.11 Å². The molecule has 1 aliphatic rings. The van der Waals surface area contributed by atoms with Gasteiger partial charge in [0.05, 0.1) is 12.7 Å². The maximum atomic E-state index is 12.8. The lowest BCUT2D eigenvalue weighted by molar-refractivity contribution is -0.125.